The van der Waals surface area contributed by atoms with Gasteiger partial charge in [0.15, 0.2) is 0 Å². The summed E-state index contributed by atoms with van der Waals surface area (Å²) in [5.41, 5.74) is 2.99. The predicted octanol–water partition coefficient (Wildman–Crippen LogP) is 2.34. The topological polar surface area (TPSA) is 38.3 Å². The van der Waals surface area contributed by atoms with Crippen LogP contribution in [0.4, 0.5) is 0 Å². The van der Waals surface area contributed by atoms with E-state index in [0.29, 0.717) is 6.54 Å². The van der Waals surface area contributed by atoms with Crippen molar-refractivity contribution in [3.63, 3.8) is 0 Å². The van der Waals surface area contributed by atoms with E-state index in [0.717, 1.165) is 0 Å². The second kappa shape index (κ2) is 5.32. The van der Waals surface area contributed by atoms with Crippen molar-refractivity contribution in [1.82, 2.24) is 5.32 Å². The van der Waals surface area contributed by atoms with Crippen molar-refractivity contribution in [2.75, 3.05) is 7.11 Å². The zero-order valence-electron chi connectivity index (χ0n) is 11.3. The van der Waals surface area contributed by atoms with Crippen LogP contribution in [0.2, 0.25) is 0 Å². The van der Waals surface area contributed by atoms with E-state index in [4.69, 9.17) is 4.74 Å². The number of carbonyl (C=O) groups excluding carboxylic acids is 1. The summed E-state index contributed by atoms with van der Waals surface area (Å²) < 4.78 is 4.75. The highest BCUT2D eigenvalue weighted by molar-refractivity contribution is 5.79. The quantitative estimate of drug-likeness (QED) is 0.814. The van der Waals surface area contributed by atoms with Gasteiger partial charge in [-0.25, -0.2) is 0 Å². The third-order valence-corrected chi connectivity index (χ3v) is 2.71. The third kappa shape index (κ3) is 3.86. The molecular weight excluding hydrogens is 214 g/mol. The SMILES string of the molecule is COC(=O)C(C)(C)NCc1cc(C)cc(C)c1. The number of ether oxygens (including phenoxy) is 1. The van der Waals surface area contributed by atoms with E-state index in [2.05, 4.69) is 37.4 Å². The van der Waals surface area contributed by atoms with Gasteiger partial charge in [0.25, 0.3) is 0 Å². The second-order valence-electron chi connectivity index (χ2n) is 4.97. The van der Waals surface area contributed by atoms with Crippen molar-refractivity contribution in [2.45, 2.75) is 39.8 Å². The van der Waals surface area contributed by atoms with Crippen LogP contribution in [0.15, 0.2) is 18.2 Å². The van der Waals surface area contributed by atoms with Crippen molar-refractivity contribution >= 4 is 5.97 Å². The van der Waals surface area contributed by atoms with E-state index in [1.165, 1.54) is 23.8 Å². The molecule has 0 heterocycles. The van der Waals surface area contributed by atoms with Gasteiger partial charge in [-0.05, 0) is 33.3 Å². The first-order chi connectivity index (χ1) is 7.85. The van der Waals surface area contributed by atoms with Crippen LogP contribution in [-0.4, -0.2) is 18.6 Å². The van der Waals surface area contributed by atoms with Gasteiger partial charge in [0.1, 0.15) is 5.54 Å². The van der Waals surface area contributed by atoms with Gasteiger partial charge in [-0.3, -0.25) is 10.1 Å². The molecule has 0 bridgehead atoms. The maximum Gasteiger partial charge on any atom is 0.325 e. The third-order valence-electron chi connectivity index (χ3n) is 2.71. The van der Waals surface area contributed by atoms with Gasteiger partial charge in [0.05, 0.1) is 7.11 Å². The van der Waals surface area contributed by atoms with Gasteiger partial charge in [-0.15, -0.1) is 0 Å². The first-order valence-electron chi connectivity index (χ1n) is 5.76. The molecule has 3 nitrogen and oxygen atoms in total. The predicted molar refractivity (Wildman–Crippen MR) is 68.9 cm³/mol. The molecular formula is C14H21NO2. The van der Waals surface area contributed by atoms with Crippen LogP contribution >= 0.6 is 0 Å². The maximum absolute atomic E-state index is 11.5. The van der Waals surface area contributed by atoms with Gasteiger partial charge in [0, 0.05) is 6.54 Å². The van der Waals surface area contributed by atoms with Gasteiger partial charge < -0.3 is 4.74 Å². The normalized spacial score (nSPS) is 11.4. The largest absolute Gasteiger partial charge is 0.468 e. The highest BCUT2D eigenvalue weighted by atomic mass is 16.5. The van der Waals surface area contributed by atoms with Crippen LogP contribution < -0.4 is 5.32 Å². The van der Waals surface area contributed by atoms with E-state index >= 15 is 0 Å². The molecule has 0 aliphatic rings. The molecule has 3 heteroatoms. The molecule has 0 fully saturated rings. The Morgan fingerprint density at radius 1 is 1.24 bits per heavy atom. The summed E-state index contributed by atoms with van der Waals surface area (Å²) in [5, 5.41) is 3.21. The van der Waals surface area contributed by atoms with Crippen molar-refractivity contribution in [3.8, 4) is 0 Å². The molecule has 0 saturated carbocycles. The Hall–Kier alpha value is -1.35. The molecule has 0 unspecified atom stereocenters. The molecule has 0 aliphatic heterocycles. The molecule has 1 N–H and O–H groups in total. The smallest absolute Gasteiger partial charge is 0.325 e. The summed E-state index contributed by atoms with van der Waals surface area (Å²) >= 11 is 0. The van der Waals surface area contributed by atoms with Crippen LogP contribution in [0.5, 0.6) is 0 Å². The number of benzene rings is 1. The molecule has 0 atom stereocenters. The molecule has 0 amide bonds. The van der Waals surface area contributed by atoms with Crippen LogP contribution in [-0.2, 0) is 16.1 Å². The van der Waals surface area contributed by atoms with Gasteiger partial charge in [-0.1, -0.05) is 29.3 Å². The lowest BCUT2D eigenvalue weighted by atomic mass is 10.0. The fraction of sp³-hybridized carbons (Fsp3) is 0.500. The highest BCUT2D eigenvalue weighted by Crippen LogP contribution is 2.11. The number of esters is 1. The van der Waals surface area contributed by atoms with Crippen LogP contribution in [0.1, 0.15) is 30.5 Å². The molecule has 0 radical (unpaired) electrons. The average molecular weight is 235 g/mol. The van der Waals surface area contributed by atoms with E-state index in [-0.39, 0.29) is 5.97 Å². The first kappa shape index (κ1) is 13.7. The van der Waals surface area contributed by atoms with Crippen LogP contribution in [0, 0.1) is 13.8 Å². The number of rotatable bonds is 4. The summed E-state index contributed by atoms with van der Waals surface area (Å²) in [6.07, 6.45) is 0. The van der Waals surface area contributed by atoms with Crippen molar-refractivity contribution < 1.29 is 9.53 Å². The number of carbonyl (C=O) groups is 1. The Kier molecular flexibility index (Phi) is 4.29. The minimum absolute atomic E-state index is 0.248. The minimum atomic E-state index is -0.660. The Morgan fingerprint density at radius 3 is 2.24 bits per heavy atom. The first-order valence-corrected chi connectivity index (χ1v) is 5.76. The van der Waals surface area contributed by atoms with Crippen molar-refractivity contribution in [1.29, 1.82) is 0 Å². The number of methoxy groups -OCH3 is 1. The number of nitrogens with one attached hydrogen (secondary N) is 1. The molecule has 1 aromatic rings. The lowest BCUT2D eigenvalue weighted by molar-refractivity contribution is -0.147. The lowest BCUT2D eigenvalue weighted by Gasteiger charge is -2.23. The van der Waals surface area contributed by atoms with Gasteiger partial charge in [-0.2, -0.15) is 0 Å². The standard InChI is InChI=1S/C14H21NO2/c1-10-6-11(2)8-12(7-10)9-15-14(3,4)13(16)17-5/h6-8,15H,9H2,1-5H3. The van der Waals surface area contributed by atoms with E-state index in [1.54, 1.807) is 0 Å². The summed E-state index contributed by atoms with van der Waals surface area (Å²) in [6.45, 7) is 8.44. The summed E-state index contributed by atoms with van der Waals surface area (Å²) in [6, 6.07) is 6.37. The fourth-order valence-electron chi connectivity index (χ4n) is 1.82. The van der Waals surface area contributed by atoms with E-state index in [1.807, 2.05) is 13.8 Å². The second-order valence-corrected chi connectivity index (χ2v) is 4.97. The molecule has 94 valence electrons. The monoisotopic (exact) mass is 235 g/mol. The van der Waals surface area contributed by atoms with Crippen molar-refractivity contribution in [3.05, 3.63) is 34.9 Å². The van der Waals surface area contributed by atoms with E-state index in [9.17, 15) is 4.79 Å². The van der Waals surface area contributed by atoms with Crippen LogP contribution in [0.25, 0.3) is 0 Å². The fourth-order valence-corrected chi connectivity index (χ4v) is 1.82. The van der Waals surface area contributed by atoms with Crippen LogP contribution in [0.3, 0.4) is 0 Å². The summed E-state index contributed by atoms with van der Waals surface area (Å²) in [4.78, 5) is 11.5. The van der Waals surface area contributed by atoms with Gasteiger partial charge in [0.2, 0.25) is 0 Å². The lowest BCUT2D eigenvalue weighted by Crippen LogP contribution is -2.46. The maximum atomic E-state index is 11.5. The number of hydrogen-bond donors (Lipinski definition) is 1. The number of hydrogen-bond acceptors (Lipinski definition) is 3. The van der Waals surface area contributed by atoms with Gasteiger partial charge >= 0.3 is 5.97 Å². The highest BCUT2D eigenvalue weighted by Gasteiger charge is 2.27. The molecule has 0 spiro atoms. The van der Waals surface area contributed by atoms with E-state index < -0.39 is 5.54 Å². The molecule has 1 rings (SSSR count). The average Bonchev–Trinajstić information content (AvgIpc) is 2.24. The Bertz CT molecular complexity index is 390. The Balaban J connectivity index is 2.70. The Labute approximate surface area is 103 Å². The molecule has 17 heavy (non-hydrogen) atoms. The molecule has 0 aromatic heterocycles. The summed E-state index contributed by atoms with van der Waals surface area (Å²) in [7, 11) is 1.41. The minimum Gasteiger partial charge on any atom is -0.468 e. The zero-order valence-corrected chi connectivity index (χ0v) is 11.3. The molecule has 0 saturated heterocycles. The zero-order chi connectivity index (χ0) is 13.1. The van der Waals surface area contributed by atoms with Crippen molar-refractivity contribution in [2.24, 2.45) is 0 Å². The summed E-state index contributed by atoms with van der Waals surface area (Å²) in [5.74, 6) is -0.248. The Morgan fingerprint density at radius 2 is 1.76 bits per heavy atom. The molecule has 0 aliphatic carbocycles. The molecule has 1 aromatic carbocycles. The number of aryl methyl sites for hydroxylation is 2.